The van der Waals surface area contributed by atoms with Crippen LogP contribution in [0.25, 0.3) is 43.1 Å². The fourth-order valence-corrected chi connectivity index (χ4v) is 4.35. The highest BCUT2D eigenvalue weighted by atomic mass is 16.7. The summed E-state index contributed by atoms with van der Waals surface area (Å²) in [6, 6.07) is 35.7. The molecule has 0 fully saturated rings. The molecule has 3 nitrogen and oxygen atoms in total. The van der Waals surface area contributed by atoms with E-state index in [1.54, 1.807) is 0 Å². The highest BCUT2D eigenvalue weighted by Gasteiger charge is 2.17. The number of benzene rings is 6. The van der Waals surface area contributed by atoms with Crippen molar-refractivity contribution in [3.05, 3.63) is 109 Å². The predicted molar refractivity (Wildman–Crippen MR) is 130 cm³/mol. The summed E-state index contributed by atoms with van der Waals surface area (Å²) >= 11 is 0. The van der Waals surface area contributed by atoms with Gasteiger partial charge in [-0.05, 0) is 33.7 Å². The molecule has 0 heterocycles. The van der Waals surface area contributed by atoms with Crippen molar-refractivity contribution in [3.8, 4) is 11.5 Å². The van der Waals surface area contributed by atoms with Crippen molar-refractivity contribution in [1.29, 1.82) is 0 Å². The Balaban J connectivity index is 1.48. The molecule has 6 aromatic rings. The van der Waals surface area contributed by atoms with Gasteiger partial charge in [-0.1, -0.05) is 97.1 Å². The third-order valence-electron chi connectivity index (χ3n) is 5.81. The second-order valence-corrected chi connectivity index (χ2v) is 7.75. The Morgan fingerprint density at radius 1 is 0.438 bits per heavy atom. The minimum absolute atomic E-state index is 0.508. The quantitative estimate of drug-likeness (QED) is 0.164. The molecule has 3 heteroatoms. The van der Waals surface area contributed by atoms with Crippen LogP contribution in [0.3, 0.4) is 0 Å². The highest BCUT2D eigenvalue weighted by molar-refractivity contribution is 6.08. The van der Waals surface area contributed by atoms with Crippen LogP contribution >= 0.6 is 0 Å². The molecule has 0 aliphatic carbocycles. The fourth-order valence-electron chi connectivity index (χ4n) is 4.35. The summed E-state index contributed by atoms with van der Waals surface area (Å²) in [7, 11) is 0. The molecule has 6 rings (SSSR count). The summed E-state index contributed by atoms with van der Waals surface area (Å²) in [5, 5.41) is 7.48. The Morgan fingerprint density at radius 3 is 1.03 bits per heavy atom. The van der Waals surface area contributed by atoms with Gasteiger partial charge in [-0.15, -0.1) is 0 Å². The standard InChI is InChI=1S/C29H18O3/c30-29(31-27-23-13-5-1-9-19(23)17-20-10-2-6-14-24(20)27)32-28-25-15-7-3-11-21(25)18-22-12-4-8-16-26(22)28/h1-18H. The van der Waals surface area contributed by atoms with E-state index in [0.717, 1.165) is 43.1 Å². The molecule has 6 aromatic carbocycles. The van der Waals surface area contributed by atoms with Gasteiger partial charge in [0.25, 0.3) is 0 Å². The Morgan fingerprint density at radius 2 is 0.719 bits per heavy atom. The van der Waals surface area contributed by atoms with E-state index in [0.29, 0.717) is 11.5 Å². The maximum Gasteiger partial charge on any atom is 0.519 e. The van der Waals surface area contributed by atoms with Gasteiger partial charge in [-0.2, -0.15) is 0 Å². The lowest BCUT2D eigenvalue weighted by Gasteiger charge is -2.14. The normalized spacial score (nSPS) is 11.2. The first kappa shape index (κ1) is 18.4. The van der Waals surface area contributed by atoms with Gasteiger partial charge in [0.15, 0.2) is 0 Å². The predicted octanol–water partition coefficient (Wildman–Crippen LogP) is 7.88. The Bertz CT molecular complexity index is 1420. The molecule has 0 radical (unpaired) electrons. The van der Waals surface area contributed by atoms with E-state index in [2.05, 4.69) is 12.1 Å². The second-order valence-electron chi connectivity index (χ2n) is 7.75. The van der Waals surface area contributed by atoms with Crippen molar-refractivity contribution in [2.75, 3.05) is 0 Å². The first-order valence-electron chi connectivity index (χ1n) is 10.5. The molecule has 32 heavy (non-hydrogen) atoms. The van der Waals surface area contributed by atoms with Crippen LogP contribution in [0.1, 0.15) is 0 Å². The maximum atomic E-state index is 13.1. The summed E-state index contributed by atoms with van der Waals surface area (Å²) in [6.45, 7) is 0. The van der Waals surface area contributed by atoms with Gasteiger partial charge in [0.2, 0.25) is 0 Å². The lowest BCUT2D eigenvalue weighted by Crippen LogP contribution is -2.14. The largest absolute Gasteiger partial charge is 0.519 e. The van der Waals surface area contributed by atoms with E-state index in [4.69, 9.17) is 9.47 Å². The van der Waals surface area contributed by atoms with E-state index in [1.165, 1.54) is 0 Å². The number of hydrogen-bond donors (Lipinski definition) is 0. The number of fused-ring (bicyclic) bond motifs is 4. The van der Waals surface area contributed by atoms with E-state index < -0.39 is 6.16 Å². The van der Waals surface area contributed by atoms with Crippen LogP contribution in [-0.2, 0) is 0 Å². The summed E-state index contributed by atoms with van der Waals surface area (Å²) < 4.78 is 11.8. The van der Waals surface area contributed by atoms with Crippen LogP contribution in [0.2, 0.25) is 0 Å². The van der Waals surface area contributed by atoms with Crippen molar-refractivity contribution < 1.29 is 14.3 Å². The van der Waals surface area contributed by atoms with E-state index in [9.17, 15) is 4.79 Å². The highest BCUT2D eigenvalue weighted by Crippen LogP contribution is 2.37. The molecular formula is C29H18O3. The molecule has 0 saturated heterocycles. The molecule has 0 atom stereocenters. The van der Waals surface area contributed by atoms with Crippen molar-refractivity contribution >= 4 is 49.2 Å². The number of carbonyl (C=O) groups excluding carboxylic acids is 1. The summed E-state index contributed by atoms with van der Waals surface area (Å²) in [6.07, 6.45) is -0.756. The Hall–Kier alpha value is -4.37. The van der Waals surface area contributed by atoms with Crippen LogP contribution in [0.4, 0.5) is 4.79 Å². The minimum atomic E-state index is -0.756. The van der Waals surface area contributed by atoms with Crippen LogP contribution in [-0.4, -0.2) is 6.16 Å². The van der Waals surface area contributed by atoms with Crippen LogP contribution < -0.4 is 9.47 Å². The number of carbonyl (C=O) groups is 1. The maximum absolute atomic E-state index is 13.1. The molecule has 0 N–H and O–H groups in total. The van der Waals surface area contributed by atoms with E-state index in [-0.39, 0.29) is 0 Å². The van der Waals surface area contributed by atoms with Gasteiger partial charge < -0.3 is 9.47 Å². The topological polar surface area (TPSA) is 35.5 Å². The average molecular weight is 414 g/mol. The van der Waals surface area contributed by atoms with E-state index >= 15 is 0 Å². The molecule has 0 saturated carbocycles. The van der Waals surface area contributed by atoms with Gasteiger partial charge in [-0.3, -0.25) is 0 Å². The molecule has 152 valence electrons. The van der Waals surface area contributed by atoms with Crippen LogP contribution in [0.5, 0.6) is 11.5 Å². The number of ether oxygens (including phenoxy) is 2. The molecule has 0 bridgehead atoms. The zero-order valence-corrected chi connectivity index (χ0v) is 17.1. The van der Waals surface area contributed by atoms with Gasteiger partial charge in [0, 0.05) is 21.5 Å². The smallest absolute Gasteiger partial charge is 0.393 e. The number of rotatable bonds is 2. The minimum Gasteiger partial charge on any atom is -0.393 e. The Labute approximate surface area is 184 Å². The molecule has 0 spiro atoms. The molecule has 0 aromatic heterocycles. The van der Waals surface area contributed by atoms with Gasteiger partial charge in [0.1, 0.15) is 11.5 Å². The molecule has 0 aliphatic rings. The van der Waals surface area contributed by atoms with Gasteiger partial charge in [-0.25, -0.2) is 4.79 Å². The molecular weight excluding hydrogens is 396 g/mol. The van der Waals surface area contributed by atoms with E-state index in [1.807, 2.05) is 97.1 Å². The average Bonchev–Trinajstić information content (AvgIpc) is 2.84. The summed E-state index contributed by atoms with van der Waals surface area (Å²) in [5.41, 5.74) is 0. The fraction of sp³-hybridized carbons (Fsp3) is 0. The SMILES string of the molecule is O=C(Oc1c2ccccc2cc2ccccc12)Oc1c2ccccc2cc2ccccc12. The molecule has 0 amide bonds. The van der Waals surface area contributed by atoms with Crippen LogP contribution in [0, 0.1) is 0 Å². The monoisotopic (exact) mass is 414 g/mol. The van der Waals surface area contributed by atoms with Crippen molar-refractivity contribution in [1.82, 2.24) is 0 Å². The van der Waals surface area contributed by atoms with Crippen LogP contribution in [0.15, 0.2) is 109 Å². The van der Waals surface area contributed by atoms with Crippen molar-refractivity contribution in [2.24, 2.45) is 0 Å². The lowest BCUT2D eigenvalue weighted by molar-refractivity contribution is 0.154. The van der Waals surface area contributed by atoms with Crippen molar-refractivity contribution in [3.63, 3.8) is 0 Å². The zero-order chi connectivity index (χ0) is 21.5. The summed E-state index contributed by atoms with van der Waals surface area (Å²) in [4.78, 5) is 13.1. The van der Waals surface area contributed by atoms with Gasteiger partial charge >= 0.3 is 6.16 Å². The molecule has 0 unspecified atom stereocenters. The zero-order valence-electron chi connectivity index (χ0n) is 17.1. The molecule has 0 aliphatic heterocycles. The van der Waals surface area contributed by atoms with Crippen molar-refractivity contribution in [2.45, 2.75) is 0 Å². The first-order valence-corrected chi connectivity index (χ1v) is 10.5. The first-order chi connectivity index (χ1) is 15.8. The third kappa shape index (κ3) is 3.03. The third-order valence-corrected chi connectivity index (χ3v) is 5.81. The van der Waals surface area contributed by atoms with Gasteiger partial charge in [0.05, 0.1) is 0 Å². The summed E-state index contributed by atoms with van der Waals surface area (Å²) in [5.74, 6) is 1.02. The Kier molecular flexibility index (Phi) is 4.25. The number of hydrogen-bond acceptors (Lipinski definition) is 3. The lowest BCUT2D eigenvalue weighted by atomic mass is 10.0. The second kappa shape index (κ2) is 7.40.